The van der Waals surface area contributed by atoms with Crippen LogP contribution in [0.5, 0.6) is 28.7 Å². The van der Waals surface area contributed by atoms with Crippen molar-refractivity contribution < 1.29 is 28.5 Å². The van der Waals surface area contributed by atoms with Crippen LogP contribution in [0, 0.1) is 0 Å². The molecule has 0 spiro atoms. The summed E-state index contributed by atoms with van der Waals surface area (Å²) in [5.41, 5.74) is 0.825. The third kappa shape index (κ3) is 2.77. The second-order valence-corrected chi connectivity index (χ2v) is 5.41. The first-order valence-corrected chi connectivity index (χ1v) is 7.67. The van der Waals surface area contributed by atoms with Crippen LogP contribution in [0.2, 0.25) is 0 Å². The molecule has 7 heteroatoms. The molecule has 0 aliphatic heterocycles. The molecule has 0 atom stereocenters. The highest BCUT2D eigenvalue weighted by molar-refractivity contribution is 5.85. The fraction of sp³-hybridized carbons (Fsp3) is 0.211. The highest BCUT2D eigenvalue weighted by atomic mass is 16.5. The molecule has 136 valence electrons. The van der Waals surface area contributed by atoms with E-state index in [1.807, 2.05) is 0 Å². The van der Waals surface area contributed by atoms with Crippen molar-refractivity contribution in [2.75, 3.05) is 28.4 Å². The minimum absolute atomic E-state index is 0.144. The summed E-state index contributed by atoms with van der Waals surface area (Å²) in [6, 6.07) is 6.10. The predicted molar refractivity (Wildman–Crippen MR) is 95.8 cm³/mol. The van der Waals surface area contributed by atoms with E-state index in [1.165, 1.54) is 46.8 Å². The van der Waals surface area contributed by atoms with Crippen LogP contribution in [-0.2, 0) is 0 Å². The quantitative estimate of drug-likeness (QED) is 0.749. The lowest BCUT2D eigenvalue weighted by atomic mass is 10.0. The Morgan fingerprint density at radius 3 is 2.00 bits per heavy atom. The Kier molecular flexibility index (Phi) is 4.62. The molecule has 7 nitrogen and oxygen atoms in total. The van der Waals surface area contributed by atoms with Gasteiger partial charge >= 0.3 is 0 Å². The molecule has 26 heavy (non-hydrogen) atoms. The van der Waals surface area contributed by atoms with E-state index in [0.29, 0.717) is 34.0 Å². The smallest absolute Gasteiger partial charge is 0.203 e. The molecule has 0 fully saturated rings. The van der Waals surface area contributed by atoms with Crippen LogP contribution >= 0.6 is 0 Å². The van der Waals surface area contributed by atoms with Crippen LogP contribution in [0.4, 0.5) is 0 Å². The molecule has 1 heterocycles. The standard InChI is InChI=1S/C19H18O7/c1-22-15-8-14-11(7-13(15)20)18(21)12(9-26-14)10-5-16(23-2)19(25-4)17(6-10)24-3/h5-9,20H,1-4H3. The van der Waals surface area contributed by atoms with E-state index in [2.05, 4.69) is 0 Å². The van der Waals surface area contributed by atoms with E-state index in [1.54, 1.807) is 12.1 Å². The van der Waals surface area contributed by atoms with E-state index in [-0.39, 0.29) is 22.3 Å². The van der Waals surface area contributed by atoms with Crippen LogP contribution in [0.3, 0.4) is 0 Å². The molecule has 0 unspecified atom stereocenters. The molecule has 1 N–H and O–H groups in total. The topological polar surface area (TPSA) is 87.4 Å². The summed E-state index contributed by atoms with van der Waals surface area (Å²) >= 11 is 0. The van der Waals surface area contributed by atoms with Gasteiger partial charge in [-0.05, 0) is 23.8 Å². The Balaban J connectivity index is 2.26. The highest BCUT2D eigenvalue weighted by Gasteiger charge is 2.18. The maximum atomic E-state index is 12.9. The molecule has 0 amide bonds. The van der Waals surface area contributed by atoms with Gasteiger partial charge in [0, 0.05) is 6.07 Å². The second kappa shape index (κ2) is 6.87. The van der Waals surface area contributed by atoms with Crippen molar-refractivity contribution in [3.63, 3.8) is 0 Å². The van der Waals surface area contributed by atoms with Gasteiger partial charge in [-0.1, -0.05) is 0 Å². The third-order valence-electron chi connectivity index (χ3n) is 4.05. The zero-order valence-corrected chi connectivity index (χ0v) is 14.8. The lowest BCUT2D eigenvalue weighted by Gasteiger charge is -2.14. The van der Waals surface area contributed by atoms with Crippen molar-refractivity contribution in [3.8, 4) is 39.9 Å². The van der Waals surface area contributed by atoms with E-state index < -0.39 is 0 Å². The van der Waals surface area contributed by atoms with Gasteiger partial charge in [-0.2, -0.15) is 0 Å². The van der Waals surface area contributed by atoms with Crippen molar-refractivity contribution in [1.82, 2.24) is 0 Å². The van der Waals surface area contributed by atoms with Crippen molar-refractivity contribution in [2.24, 2.45) is 0 Å². The third-order valence-corrected chi connectivity index (χ3v) is 4.05. The maximum absolute atomic E-state index is 12.9. The van der Waals surface area contributed by atoms with E-state index >= 15 is 0 Å². The number of benzene rings is 2. The highest BCUT2D eigenvalue weighted by Crippen LogP contribution is 2.41. The fourth-order valence-electron chi connectivity index (χ4n) is 2.74. The zero-order chi connectivity index (χ0) is 18.8. The van der Waals surface area contributed by atoms with Gasteiger partial charge < -0.3 is 28.5 Å². The van der Waals surface area contributed by atoms with E-state index in [4.69, 9.17) is 23.4 Å². The van der Waals surface area contributed by atoms with Crippen LogP contribution in [0.1, 0.15) is 0 Å². The number of hydrogen-bond acceptors (Lipinski definition) is 7. The fourth-order valence-corrected chi connectivity index (χ4v) is 2.74. The summed E-state index contributed by atoms with van der Waals surface area (Å²) in [6.45, 7) is 0. The van der Waals surface area contributed by atoms with Gasteiger partial charge in [0.2, 0.25) is 11.2 Å². The summed E-state index contributed by atoms with van der Waals surface area (Å²) in [5.74, 6) is 1.33. The van der Waals surface area contributed by atoms with Crippen molar-refractivity contribution in [1.29, 1.82) is 0 Å². The Hall–Kier alpha value is -3.35. The lowest BCUT2D eigenvalue weighted by molar-refractivity contribution is 0.324. The number of hydrogen-bond donors (Lipinski definition) is 1. The molecule has 1 aromatic heterocycles. The molecule has 2 aromatic carbocycles. The Bertz CT molecular complexity index is 995. The monoisotopic (exact) mass is 358 g/mol. The SMILES string of the molecule is COc1cc2occ(-c3cc(OC)c(OC)c(OC)c3)c(=O)c2cc1O. The van der Waals surface area contributed by atoms with Crippen LogP contribution in [0.15, 0.2) is 39.7 Å². The van der Waals surface area contributed by atoms with Crippen LogP contribution in [0.25, 0.3) is 22.1 Å². The van der Waals surface area contributed by atoms with E-state index in [0.717, 1.165) is 0 Å². The molecule has 3 rings (SSSR count). The molecule has 0 aliphatic carbocycles. The summed E-state index contributed by atoms with van der Waals surface area (Å²) in [6.07, 6.45) is 1.35. The molecule has 0 saturated heterocycles. The minimum Gasteiger partial charge on any atom is -0.504 e. The van der Waals surface area contributed by atoms with E-state index in [9.17, 15) is 9.90 Å². The van der Waals surface area contributed by atoms with Crippen molar-refractivity contribution >= 4 is 11.0 Å². The first kappa shape index (κ1) is 17.5. The van der Waals surface area contributed by atoms with Gasteiger partial charge in [-0.15, -0.1) is 0 Å². The predicted octanol–water partition coefficient (Wildman–Crippen LogP) is 3.20. The van der Waals surface area contributed by atoms with Crippen molar-refractivity contribution in [2.45, 2.75) is 0 Å². The molecular formula is C19H18O7. The number of fused-ring (bicyclic) bond motifs is 1. The Labute approximate surface area is 149 Å². The van der Waals surface area contributed by atoms with Gasteiger partial charge in [0.05, 0.1) is 39.4 Å². The van der Waals surface area contributed by atoms with Gasteiger partial charge in [0.25, 0.3) is 0 Å². The lowest BCUT2D eigenvalue weighted by Crippen LogP contribution is -2.06. The number of aromatic hydroxyl groups is 1. The summed E-state index contributed by atoms with van der Waals surface area (Å²) in [5, 5.41) is 10.2. The van der Waals surface area contributed by atoms with Crippen LogP contribution in [-0.4, -0.2) is 33.5 Å². The average Bonchev–Trinajstić information content (AvgIpc) is 2.67. The van der Waals surface area contributed by atoms with Gasteiger partial charge in [-0.3, -0.25) is 4.79 Å². The normalized spacial score (nSPS) is 10.6. The average molecular weight is 358 g/mol. The van der Waals surface area contributed by atoms with Crippen molar-refractivity contribution in [3.05, 3.63) is 40.8 Å². The van der Waals surface area contributed by atoms with Gasteiger partial charge in [0.15, 0.2) is 23.0 Å². The summed E-state index contributed by atoms with van der Waals surface area (Å²) in [4.78, 5) is 12.9. The number of phenolic OH excluding ortho intramolecular Hbond substituents is 1. The molecule has 0 aliphatic rings. The second-order valence-electron chi connectivity index (χ2n) is 5.41. The minimum atomic E-state index is -0.307. The summed E-state index contributed by atoms with van der Waals surface area (Å²) in [7, 11) is 5.91. The molecule has 0 radical (unpaired) electrons. The molecule has 0 saturated carbocycles. The first-order chi connectivity index (χ1) is 12.5. The zero-order valence-electron chi connectivity index (χ0n) is 14.8. The number of ether oxygens (including phenoxy) is 4. The van der Waals surface area contributed by atoms with Crippen LogP contribution < -0.4 is 24.4 Å². The molecule has 3 aromatic rings. The first-order valence-electron chi connectivity index (χ1n) is 7.67. The van der Waals surface area contributed by atoms with Gasteiger partial charge in [-0.25, -0.2) is 0 Å². The Morgan fingerprint density at radius 2 is 1.46 bits per heavy atom. The van der Waals surface area contributed by atoms with Gasteiger partial charge in [0.1, 0.15) is 11.8 Å². The summed E-state index contributed by atoms with van der Waals surface area (Å²) < 4.78 is 26.5. The largest absolute Gasteiger partial charge is 0.504 e. The Morgan fingerprint density at radius 1 is 0.846 bits per heavy atom. The number of methoxy groups -OCH3 is 4. The number of rotatable bonds is 5. The molecular weight excluding hydrogens is 340 g/mol. The number of phenols is 1. The maximum Gasteiger partial charge on any atom is 0.203 e. The molecule has 0 bridgehead atoms.